The van der Waals surface area contributed by atoms with E-state index in [9.17, 15) is 17.2 Å². The van der Waals surface area contributed by atoms with Crippen molar-refractivity contribution in [1.29, 1.82) is 0 Å². The first-order valence-electron chi connectivity index (χ1n) is 8.36. The highest BCUT2D eigenvalue weighted by Crippen LogP contribution is 2.51. The fourth-order valence-electron chi connectivity index (χ4n) is 3.92. The van der Waals surface area contributed by atoms with E-state index in [2.05, 4.69) is 4.98 Å². The number of aromatic nitrogens is 1. The Bertz CT molecular complexity index is 724. The lowest BCUT2D eigenvalue weighted by Crippen LogP contribution is -2.58. The van der Waals surface area contributed by atoms with Crippen LogP contribution in [0.3, 0.4) is 0 Å². The van der Waals surface area contributed by atoms with Gasteiger partial charge in [0.15, 0.2) is 0 Å². The Morgan fingerprint density at radius 3 is 2.62 bits per heavy atom. The summed E-state index contributed by atoms with van der Waals surface area (Å²) < 4.78 is 55.9. The molecular formula is C16H21F2N3O2S. The molecule has 1 aromatic heterocycles. The highest BCUT2D eigenvalue weighted by molar-refractivity contribution is 7.90. The summed E-state index contributed by atoms with van der Waals surface area (Å²) in [4.78, 5) is 5.95. The number of anilines is 1. The van der Waals surface area contributed by atoms with Crippen LogP contribution >= 0.6 is 0 Å². The maximum absolute atomic E-state index is 14.8. The van der Waals surface area contributed by atoms with Crippen molar-refractivity contribution in [2.45, 2.75) is 36.9 Å². The molecule has 0 N–H and O–H groups in total. The Morgan fingerprint density at radius 2 is 1.96 bits per heavy atom. The first-order valence-corrected chi connectivity index (χ1v) is 9.86. The van der Waals surface area contributed by atoms with Gasteiger partial charge >= 0.3 is 0 Å². The molecule has 0 bridgehead atoms. The third-order valence-electron chi connectivity index (χ3n) is 5.60. The maximum atomic E-state index is 14.8. The van der Waals surface area contributed by atoms with E-state index in [0.717, 1.165) is 5.69 Å². The average Bonchev–Trinajstić information content (AvgIpc) is 3.33. The summed E-state index contributed by atoms with van der Waals surface area (Å²) in [6.07, 6.45) is 4.53. The fraction of sp³-hybridized carbons (Fsp3) is 0.688. The number of sulfonamides is 1. The number of nitrogens with zero attached hydrogens (tertiary/aromatic N) is 3. The van der Waals surface area contributed by atoms with Gasteiger partial charge in [-0.15, -0.1) is 0 Å². The summed E-state index contributed by atoms with van der Waals surface area (Å²) in [5.41, 5.74) is -0.490. The summed E-state index contributed by atoms with van der Waals surface area (Å²) in [6.45, 7) is 0.525. The van der Waals surface area contributed by atoms with Crippen LogP contribution in [0, 0.1) is 5.41 Å². The summed E-state index contributed by atoms with van der Waals surface area (Å²) >= 11 is 0. The molecule has 1 aliphatic carbocycles. The van der Waals surface area contributed by atoms with Gasteiger partial charge in [0, 0.05) is 38.8 Å². The molecule has 1 spiro atoms. The van der Waals surface area contributed by atoms with Crippen LogP contribution in [0.1, 0.15) is 25.7 Å². The monoisotopic (exact) mass is 357 g/mol. The van der Waals surface area contributed by atoms with E-state index in [0.29, 0.717) is 25.8 Å². The molecule has 8 heteroatoms. The standard InChI is InChI=1S/C16H21F2N3O2S/c17-16(18)6-9-21(24(22,23)14-3-4-14)12-15(16)5-8-20(11-15)13-2-1-7-19-10-13/h1-2,7,10,14H,3-6,8-9,11-12H2. The van der Waals surface area contributed by atoms with Crippen molar-refractivity contribution in [2.75, 3.05) is 31.1 Å². The lowest BCUT2D eigenvalue weighted by molar-refractivity contribution is -0.145. The molecule has 1 aromatic rings. The minimum atomic E-state index is -3.42. The second-order valence-corrected chi connectivity index (χ2v) is 9.41. The van der Waals surface area contributed by atoms with Gasteiger partial charge in [-0.1, -0.05) is 0 Å². The Labute approximate surface area is 140 Å². The number of alkyl halides is 2. The maximum Gasteiger partial charge on any atom is 0.257 e. The number of rotatable bonds is 3. The van der Waals surface area contributed by atoms with E-state index in [1.165, 1.54) is 4.31 Å². The second-order valence-electron chi connectivity index (χ2n) is 7.20. The van der Waals surface area contributed by atoms with Crippen molar-refractivity contribution in [3.05, 3.63) is 24.5 Å². The molecule has 1 saturated carbocycles. The zero-order chi connectivity index (χ0) is 17.0. The molecule has 3 aliphatic rings. The quantitative estimate of drug-likeness (QED) is 0.831. The van der Waals surface area contributed by atoms with Crippen LogP contribution in [0.15, 0.2) is 24.5 Å². The number of hydrogen-bond donors (Lipinski definition) is 0. The number of pyridine rings is 1. The molecule has 1 atom stereocenters. The van der Waals surface area contributed by atoms with Crippen LogP contribution in [-0.2, 0) is 10.0 Å². The van der Waals surface area contributed by atoms with Crippen molar-refractivity contribution >= 4 is 15.7 Å². The van der Waals surface area contributed by atoms with E-state index < -0.39 is 21.4 Å². The Kier molecular flexibility index (Phi) is 3.62. The van der Waals surface area contributed by atoms with Gasteiger partial charge in [0.1, 0.15) is 0 Å². The predicted octanol–water partition coefficient (Wildman–Crippen LogP) is 2.11. The van der Waals surface area contributed by atoms with Gasteiger partial charge in [-0.05, 0) is 31.4 Å². The molecule has 132 valence electrons. The summed E-state index contributed by atoms with van der Waals surface area (Å²) in [5, 5.41) is -0.350. The Balaban J connectivity index is 1.60. The van der Waals surface area contributed by atoms with Crippen LogP contribution in [0.4, 0.5) is 14.5 Å². The van der Waals surface area contributed by atoms with Gasteiger partial charge in [0.05, 0.1) is 22.5 Å². The molecule has 0 amide bonds. The molecule has 3 heterocycles. The fourth-order valence-corrected chi connectivity index (χ4v) is 5.84. The highest BCUT2D eigenvalue weighted by atomic mass is 32.2. The topological polar surface area (TPSA) is 53.5 Å². The molecule has 2 saturated heterocycles. The van der Waals surface area contributed by atoms with Crippen LogP contribution in [-0.4, -0.2) is 55.1 Å². The van der Waals surface area contributed by atoms with Crippen molar-refractivity contribution in [3.63, 3.8) is 0 Å². The first kappa shape index (κ1) is 16.2. The van der Waals surface area contributed by atoms with E-state index in [-0.39, 0.29) is 31.3 Å². The van der Waals surface area contributed by atoms with Gasteiger partial charge < -0.3 is 4.90 Å². The van der Waals surface area contributed by atoms with Crippen LogP contribution in [0.2, 0.25) is 0 Å². The molecule has 2 aliphatic heterocycles. The predicted molar refractivity (Wildman–Crippen MR) is 86.6 cm³/mol. The third kappa shape index (κ3) is 2.50. The summed E-state index contributed by atoms with van der Waals surface area (Å²) in [5.74, 6) is -2.85. The van der Waals surface area contributed by atoms with Crippen LogP contribution in [0.25, 0.3) is 0 Å². The van der Waals surface area contributed by atoms with E-state index in [1.807, 2.05) is 11.0 Å². The minimum absolute atomic E-state index is 0.0690. The molecular weight excluding hydrogens is 336 g/mol. The molecule has 4 rings (SSSR count). The van der Waals surface area contributed by atoms with E-state index in [1.54, 1.807) is 18.5 Å². The first-order chi connectivity index (χ1) is 11.3. The molecule has 0 aromatic carbocycles. The SMILES string of the molecule is O=S(=O)(C1CC1)N1CCC(F)(F)C2(CCN(c3cccnc3)C2)C1. The molecule has 3 fully saturated rings. The number of piperidine rings is 1. The second kappa shape index (κ2) is 5.36. The van der Waals surface area contributed by atoms with Crippen molar-refractivity contribution in [1.82, 2.24) is 9.29 Å². The van der Waals surface area contributed by atoms with Gasteiger partial charge in [0.2, 0.25) is 10.0 Å². The smallest absolute Gasteiger partial charge is 0.257 e. The van der Waals surface area contributed by atoms with Crippen molar-refractivity contribution in [2.24, 2.45) is 5.41 Å². The molecule has 24 heavy (non-hydrogen) atoms. The number of hydrogen-bond acceptors (Lipinski definition) is 4. The normalized spacial score (nSPS) is 30.8. The summed E-state index contributed by atoms with van der Waals surface area (Å²) in [6, 6.07) is 3.63. The largest absolute Gasteiger partial charge is 0.369 e. The zero-order valence-corrected chi connectivity index (χ0v) is 14.2. The van der Waals surface area contributed by atoms with Crippen molar-refractivity contribution in [3.8, 4) is 0 Å². The van der Waals surface area contributed by atoms with Gasteiger partial charge in [-0.3, -0.25) is 4.98 Å². The van der Waals surface area contributed by atoms with E-state index in [4.69, 9.17) is 0 Å². The average molecular weight is 357 g/mol. The lowest BCUT2D eigenvalue weighted by Gasteiger charge is -2.45. The molecule has 0 radical (unpaired) electrons. The van der Waals surface area contributed by atoms with Crippen LogP contribution < -0.4 is 4.90 Å². The lowest BCUT2D eigenvalue weighted by atomic mass is 9.76. The minimum Gasteiger partial charge on any atom is -0.369 e. The number of halogens is 2. The zero-order valence-electron chi connectivity index (χ0n) is 13.4. The van der Waals surface area contributed by atoms with E-state index >= 15 is 0 Å². The third-order valence-corrected chi connectivity index (χ3v) is 7.95. The Morgan fingerprint density at radius 1 is 1.17 bits per heavy atom. The Hall–Kier alpha value is -1.28. The molecule has 5 nitrogen and oxygen atoms in total. The molecule has 1 unspecified atom stereocenters. The van der Waals surface area contributed by atoms with Gasteiger partial charge in [0.25, 0.3) is 5.92 Å². The van der Waals surface area contributed by atoms with Gasteiger partial charge in [-0.25, -0.2) is 21.5 Å². The van der Waals surface area contributed by atoms with Crippen LogP contribution in [0.5, 0.6) is 0 Å². The summed E-state index contributed by atoms with van der Waals surface area (Å²) in [7, 11) is -3.42. The van der Waals surface area contributed by atoms with Gasteiger partial charge in [-0.2, -0.15) is 0 Å². The van der Waals surface area contributed by atoms with Crippen molar-refractivity contribution < 1.29 is 17.2 Å². The highest BCUT2D eigenvalue weighted by Gasteiger charge is 2.61.